The van der Waals surface area contributed by atoms with E-state index in [1.165, 1.54) is 0 Å². The van der Waals surface area contributed by atoms with Gasteiger partial charge in [-0.25, -0.2) is 0 Å². The molecule has 0 aliphatic rings. The normalized spacial score (nSPS) is 12.2. The van der Waals surface area contributed by atoms with Crippen molar-refractivity contribution in [1.29, 1.82) is 0 Å². The van der Waals surface area contributed by atoms with E-state index >= 15 is 0 Å². The van der Waals surface area contributed by atoms with E-state index < -0.39 is 6.10 Å². The average Bonchev–Trinajstić information content (AvgIpc) is 2.28. The molecule has 0 amide bonds. The van der Waals surface area contributed by atoms with Crippen LogP contribution in [0.3, 0.4) is 0 Å². The Bertz CT molecular complexity index is 393. The molecule has 94 valence electrons. The van der Waals surface area contributed by atoms with E-state index in [1.54, 1.807) is 7.11 Å². The minimum absolute atomic E-state index is 0.463. The number of hydrogen-bond acceptors (Lipinski definition) is 3. The van der Waals surface area contributed by atoms with Crippen LogP contribution < -0.4 is 10.1 Å². The van der Waals surface area contributed by atoms with Gasteiger partial charge >= 0.3 is 0 Å². The number of aliphatic hydroxyl groups excluding tert-OH is 1. The summed E-state index contributed by atoms with van der Waals surface area (Å²) < 4.78 is 6.10. The lowest BCUT2D eigenvalue weighted by atomic mass is 10.1. The van der Waals surface area contributed by atoms with E-state index in [4.69, 9.17) is 4.74 Å². The van der Waals surface area contributed by atoms with Gasteiger partial charge in [-0.3, -0.25) is 0 Å². The lowest BCUT2D eigenvalue weighted by molar-refractivity contribution is 0.172. The molecular formula is C13H18BrNO2. The average molecular weight is 300 g/mol. The highest BCUT2D eigenvalue weighted by Crippen LogP contribution is 2.25. The van der Waals surface area contributed by atoms with Gasteiger partial charge in [0.15, 0.2) is 0 Å². The maximum absolute atomic E-state index is 10.1. The number of benzene rings is 1. The van der Waals surface area contributed by atoms with Crippen molar-refractivity contribution in [1.82, 2.24) is 5.32 Å². The summed E-state index contributed by atoms with van der Waals surface area (Å²) >= 11 is 3.26. The summed E-state index contributed by atoms with van der Waals surface area (Å²) in [6.07, 6.45) is -0.586. The molecule has 0 bridgehead atoms. The number of nitrogens with one attached hydrogen (secondary N) is 1. The van der Waals surface area contributed by atoms with Crippen molar-refractivity contribution >= 4 is 15.9 Å². The SMILES string of the molecule is C=C(Br)CNCC(O)c1cc(C)ccc1OC. The molecular weight excluding hydrogens is 282 g/mol. The van der Waals surface area contributed by atoms with Crippen molar-refractivity contribution in [3.63, 3.8) is 0 Å². The summed E-state index contributed by atoms with van der Waals surface area (Å²) in [5.74, 6) is 0.711. The summed E-state index contributed by atoms with van der Waals surface area (Å²) in [5, 5.41) is 13.2. The highest BCUT2D eigenvalue weighted by molar-refractivity contribution is 9.11. The third kappa shape index (κ3) is 4.50. The highest BCUT2D eigenvalue weighted by Gasteiger charge is 2.12. The van der Waals surface area contributed by atoms with E-state index in [-0.39, 0.29) is 0 Å². The molecule has 0 saturated heterocycles. The Labute approximate surface area is 111 Å². The van der Waals surface area contributed by atoms with E-state index in [2.05, 4.69) is 27.8 Å². The topological polar surface area (TPSA) is 41.5 Å². The van der Waals surface area contributed by atoms with Crippen molar-refractivity contribution in [3.8, 4) is 5.75 Å². The molecule has 17 heavy (non-hydrogen) atoms. The van der Waals surface area contributed by atoms with Crippen molar-refractivity contribution in [2.24, 2.45) is 0 Å². The van der Waals surface area contributed by atoms with Crippen molar-refractivity contribution in [2.75, 3.05) is 20.2 Å². The molecule has 0 heterocycles. The molecule has 0 saturated carbocycles. The van der Waals surface area contributed by atoms with Gasteiger partial charge in [0.05, 0.1) is 13.2 Å². The van der Waals surface area contributed by atoms with Gasteiger partial charge in [0.25, 0.3) is 0 Å². The quantitative estimate of drug-likeness (QED) is 0.848. The van der Waals surface area contributed by atoms with E-state index in [1.807, 2.05) is 25.1 Å². The molecule has 1 aromatic carbocycles. The first-order valence-electron chi connectivity index (χ1n) is 5.41. The molecule has 0 spiro atoms. The van der Waals surface area contributed by atoms with Crippen LogP contribution in [0.1, 0.15) is 17.2 Å². The Morgan fingerprint density at radius 2 is 2.29 bits per heavy atom. The highest BCUT2D eigenvalue weighted by atomic mass is 79.9. The number of rotatable bonds is 6. The molecule has 0 aliphatic carbocycles. The predicted octanol–water partition coefficient (Wildman–Crippen LogP) is 2.54. The fourth-order valence-electron chi connectivity index (χ4n) is 1.57. The van der Waals surface area contributed by atoms with Gasteiger partial charge in [-0.05, 0) is 19.1 Å². The summed E-state index contributed by atoms with van der Waals surface area (Å²) in [4.78, 5) is 0. The van der Waals surface area contributed by atoms with E-state index in [0.717, 1.165) is 15.6 Å². The molecule has 1 aromatic rings. The zero-order valence-corrected chi connectivity index (χ0v) is 11.8. The Morgan fingerprint density at radius 1 is 1.59 bits per heavy atom. The van der Waals surface area contributed by atoms with Gasteiger partial charge in [-0.2, -0.15) is 0 Å². The van der Waals surface area contributed by atoms with Gasteiger partial charge in [-0.1, -0.05) is 34.1 Å². The molecule has 2 N–H and O–H groups in total. The van der Waals surface area contributed by atoms with Crippen LogP contribution >= 0.6 is 15.9 Å². The number of aliphatic hydroxyl groups is 1. The lowest BCUT2D eigenvalue weighted by Gasteiger charge is -2.16. The van der Waals surface area contributed by atoms with Crippen LogP contribution in [-0.4, -0.2) is 25.3 Å². The summed E-state index contributed by atoms with van der Waals surface area (Å²) in [6, 6.07) is 5.77. The third-order valence-electron chi connectivity index (χ3n) is 2.40. The van der Waals surface area contributed by atoms with Gasteiger partial charge in [-0.15, -0.1) is 0 Å². The number of aryl methyl sites for hydroxylation is 1. The molecule has 0 aliphatic heterocycles. The standard InChI is InChI=1S/C13H18BrNO2/c1-9-4-5-13(17-3)11(6-9)12(16)8-15-7-10(2)14/h4-6,12,15-16H,2,7-8H2,1,3H3. The van der Waals surface area contributed by atoms with E-state index in [9.17, 15) is 5.11 Å². The maximum Gasteiger partial charge on any atom is 0.124 e. The predicted molar refractivity (Wildman–Crippen MR) is 73.6 cm³/mol. The lowest BCUT2D eigenvalue weighted by Crippen LogP contribution is -2.22. The first-order valence-corrected chi connectivity index (χ1v) is 6.20. The minimum atomic E-state index is -0.586. The minimum Gasteiger partial charge on any atom is -0.496 e. The molecule has 1 rings (SSSR count). The third-order valence-corrected chi connectivity index (χ3v) is 2.68. The summed E-state index contributed by atoms with van der Waals surface area (Å²) in [7, 11) is 1.61. The van der Waals surface area contributed by atoms with Gasteiger partial charge in [0.2, 0.25) is 0 Å². The second-order valence-electron chi connectivity index (χ2n) is 3.91. The number of methoxy groups -OCH3 is 1. The summed E-state index contributed by atoms with van der Waals surface area (Å²) in [5.41, 5.74) is 1.91. The largest absolute Gasteiger partial charge is 0.496 e. The smallest absolute Gasteiger partial charge is 0.124 e. The molecule has 0 fully saturated rings. The Hall–Kier alpha value is -0.840. The van der Waals surface area contributed by atoms with Crippen LogP contribution in [0.2, 0.25) is 0 Å². The first-order chi connectivity index (χ1) is 8.04. The van der Waals surface area contributed by atoms with Crippen molar-refractivity contribution in [2.45, 2.75) is 13.0 Å². The van der Waals surface area contributed by atoms with Crippen molar-refractivity contribution < 1.29 is 9.84 Å². The Kier molecular flexibility index (Phi) is 5.68. The zero-order chi connectivity index (χ0) is 12.8. The maximum atomic E-state index is 10.1. The van der Waals surface area contributed by atoms with Crippen LogP contribution in [0.25, 0.3) is 0 Å². The second-order valence-corrected chi connectivity index (χ2v) is 5.03. The summed E-state index contributed by atoms with van der Waals surface area (Å²) in [6.45, 7) is 6.80. The van der Waals surface area contributed by atoms with Gasteiger partial charge in [0, 0.05) is 23.1 Å². The van der Waals surface area contributed by atoms with Crippen LogP contribution in [-0.2, 0) is 0 Å². The number of halogens is 1. The molecule has 0 aromatic heterocycles. The van der Waals surface area contributed by atoms with Crippen LogP contribution in [0.15, 0.2) is 29.3 Å². The van der Waals surface area contributed by atoms with Crippen molar-refractivity contribution in [3.05, 3.63) is 40.4 Å². The fourth-order valence-corrected chi connectivity index (χ4v) is 1.77. The zero-order valence-electron chi connectivity index (χ0n) is 10.2. The molecule has 0 radical (unpaired) electrons. The Balaban J connectivity index is 2.69. The van der Waals surface area contributed by atoms with Crippen LogP contribution in [0.5, 0.6) is 5.75 Å². The van der Waals surface area contributed by atoms with Gasteiger partial charge < -0.3 is 15.2 Å². The first kappa shape index (κ1) is 14.2. The molecule has 3 nitrogen and oxygen atoms in total. The molecule has 4 heteroatoms. The number of hydrogen-bond donors (Lipinski definition) is 2. The molecule has 1 unspecified atom stereocenters. The van der Waals surface area contributed by atoms with Crippen LogP contribution in [0.4, 0.5) is 0 Å². The second kappa shape index (κ2) is 6.79. The Morgan fingerprint density at radius 3 is 2.88 bits per heavy atom. The fraction of sp³-hybridized carbons (Fsp3) is 0.385. The van der Waals surface area contributed by atoms with Gasteiger partial charge in [0.1, 0.15) is 5.75 Å². The number of ether oxygens (including phenoxy) is 1. The van der Waals surface area contributed by atoms with Crippen LogP contribution in [0, 0.1) is 6.92 Å². The van der Waals surface area contributed by atoms with E-state index in [0.29, 0.717) is 18.8 Å². The monoisotopic (exact) mass is 299 g/mol. The molecule has 1 atom stereocenters.